The molecule has 0 radical (unpaired) electrons. The number of alkyl halides is 3. The summed E-state index contributed by atoms with van der Waals surface area (Å²) >= 11 is 0. The zero-order valence-electron chi connectivity index (χ0n) is 21.9. The van der Waals surface area contributed by atoms with Gasteiger partial charge in [-0.3, -0.25) is 9.30 Å². The molecule has 14 heteroatoms. The Morgan fingerprint density at radius 3 is 2.42 bits per heavy atom. The fourth-order valence-electron chi connectivity index (χ4n) is 4.91. The monoisotopic (exact) mass is 602 g/mol. The summed E-state index contributed by atoms with van der Waals surface area (Å²) in [5.41, 5.74) is 7.44. The molecule has 3 aromatic heterocycles. The topological polar surface area (TPSA) is 100 Å². The maximum absolute atomic E-state index is 14.2. The average molecular weight is 603 g/mol. The first-order chi connectivity index (χ1) is 18.3. The van der Waals surface area contributed by atoms with Gasteiger partial charge in [-0.25, -0.2) is 4.98 Å². The third-order valence-electron chi connectivity index (χ3n) is 6.58. The number of rotatable bonds is 9. The molecule has 4 heterocycles. The molecule has 2 atom stereocenters. The molecule has 0 unspecified atom stereocenters. The molecule has 1 fully saturated rings. The van der Waals surface area contributed by atoms with Crippen molar-refractivity contribution >= 4 is 41.4 Å². The highest BCUT2D eigenvalue weighted by Crippen LogP contribution is 2.39. The highest BCUT2D eigenvalue weighted by molar-refractivity contribution is 5.86. The van der Waals surface area contributed by atoms with E-state index in [1.807, 2.05) is 18.2 Å². The summed E-state index contributed by atoms with van der Waals surface area (Å²) in [6.45, 7) is 1.10. The first-order valence-corrected chi connectivity index (χ1v) is 12.2. The summed E-state index contributed by atoms with van der Waals surface area (Å²) < 4.78 is 60.7. The van der Waals surface area contributed by atoms with Gasteiger partial charge in [0.25, 0.3) is 0 Å². The van der Waals surface area contributed by atoms with Gasteiger partial charge in [0, 0.05) is 44.9 Å². The molecule has 1 aliphatic rings. The average Bonchev–Trinajstić information content (AvgIpc) is 3.49. The summed E-state index contributed by atoms with van der Waals surface area (Å²) in [6, 6.07) is 10.1. The summed E-state index contributed by atoms with van der Waals surface area (Å²) in [6.07, 6.45) is -2.86. The van der Waals surface area contributed by atoms with Crippen LogP contribution in [-0.2, 0) is 9.47 Å². The van der Waals surface area contributed by atoms with E-state index < -0.39 is 12.2 Å². The summed E-state index contributed by atoms with van der Waals surface area (Å²) in [5, 5.41) is 9.24. The zero-order valence-corrected chi connectivity index (χ0v) is 23.5. The lowest BCUT2D eigenvalue weighted by Gasteiger charge is -2.30. The van der Waals surface area contributed by atoms with Crippen molar-refractivity contribution in [1.82, 2.24) is 24.5 Å². The minimum Gasteiger partial charge on any atom is -0.483 e. The molecule has 0 amide bonds. The van der Waals surface area contributed by atoms with E-state index in [9.17, 15) is 13.2 Å². The fraction of sp³-hybridized carbons (Fsp3) is 0.423. The maximum Gasteiger partial charge on any atom is 0.408 e. The van der Waals surface area contributed by atoms with Crippen molar-refractivity contribution in [1.29, 1.82) is 0 Å². The number of hydrogen-bond acceptors (Lipinski definition) is 8. The van der Waals surface area contributed by atoms with E-state index in [2.05, 4.69) is 10.2 Å². The lowest BCUT2D eigenvalue weighted by molar-refractivity contribution is -0.183. The zero-order chi connectivity index (χ0) is 26.9. The van der Waals surface area contributed by atoms with Gasteiger partial charge in [-0.2, -0.15) is 13.2 Å². The molecule has 1 aromatic carbocycles. The molecule has 9 nitrogen and oxygen atoms in total. The molecule has 4 aromatic rings. The van der Waals surface area contributed by atoms with Gasteiger partial charge < -0.3 is 19.9 Å². The van der Waals surface area contributed by atoms with Crippen LogP contribution < -0.4 is 10.5 Å². The van der Waals surface area contributed by atoms with Gasteiger partial charge in [0.2, 0.25) is 0 Å². The first-order valence-electron chi connectivity index (χ1n) is 12.2. The number of aromatic nitrogens is 4. The summed E-state index contributed by atoms with van der Waals surface area (Å²) in [4.78, 5) is 6.15. The Kier molecular flexibility index (Phi) is 10.6. The lowest BCUT2D eigenvalue weighted by atomic mass is 10.1. The normalized spacial score (nSPS) is 16.7. The number of halogens is 5. The molecule has 40 heavy (non-hydrogen) atoms. The third kappa shape index (κ3) is 6.59. The highest BCUT2D eigenvalue weighted by atomic mass is 35.5. The molecule has 0 aliphatic carbocycles. The highest BCUT2D eigenvalue weighted by Gasteiger charge is 2.46. The Morgan fingerprint density at radius 2 is 1.77 bits per heavy atom. The number of nitrogens with zero attached hydrogens (tertiary/aromatic N) is 5. The van der Waals surface area contributed by atoms with Crippen LogP contribution >= 0.6 is 24.8 Å². The molecule has 218 valence electrons. The van der Waals surface area contributed by atoms with Crippen LogP contribution in [0, 0.1) is 0 Å². The number of ether oxygens (including phenoxy) is 3. The van der Waals surface area contributed by atoms with Crippen LogP contribution in [0.15, 0.2) is 48.7 Å². The van der Waals surface area contributed by atoms with E-state index >= 15 is 0 Å². The van der Waals surface area contributed by atoms with E-state index in [-0.39, 0.29) is 55.6 Å². The Labute approximate surface area is 241 Å². The van der Waals surface area contributed by atoms with Crippen LogP contribution in [0.1, 0.15) is 18.0 Å². The lowest BCUT2D eigenvalue weighted by Crippen LogP contribution is -2.38. The standard InChI is InChI=1S/C26H29F3N6O3.2ClH/c1-36-14-19(15-37-2)38-21-5-3-4-16-6-8-20(31-23(16)21)25-33-32-22-9-7-17(12-35(22)25)24(26(27,28)29)34-11-10-18(30)13-34;;/h3-9,12,18-19,24H,10-11,13-15,30H2,1-2H3;2*1H/t18-,24+;;/m0../s1. The quantitative estimate of drug-likeness (QED) is 0.300. The van der Waals surface area contributed by atoms with Crippen LogP contribution in [0.3, 0.4) is 0 Å². The Hall–Kier alpha value is -2.74. The van der Waals surface area contributed by atoms with Crippen LogP contribution in [0.25, 0.3) is 28.1 Å². The van der Waals surface area contributed by atoms with Crippen molar-refractivity contribution in [3.63, 3.8) is 0 Å². The van der Waals surface area contributed by atoms with Crippen LogP contribution in [0.4, 0.5) is 13.2 Å². The second kappa shape index (κ2) is 13.3. The smallest absolute Gasteiger partial charge is 0.408 e. The van der Waals surface area contributed by atoms with Gasteiger partial charge in [0.1, 0.15) is 29.1 Å². The summed E-state index contributed by atoms with van der Waals surface area (Å²) in [5.74, 6) is 0.850. The number of benzene rings is 1. The SMILES string of the molecule is COCC(COC)Oc1cccc2ccc(-c3nnc4ccc([C@@H](N5CC[C@H](N)C5)C(F)(F)F)cn34)nc12.Cl.Cl. The second-order valence-corrected chi connectivity index (χ2v) is 9.38. The molecule has 0 spiro atoms. The minimum atomic E-state index is -4.47. The molecule has 2 N–H and O–H groups in total. The van der Waals surface area contributed by atoms with Gasteiger partial charge in [0.05, 0.1) is 13.2 Å². The van der Waals surface area contributed by atoms with Gasteiger partial charge in [-0.05, 0) is 30.2 Å². The molecule has 0 bridgehead atoms. The number of hydrogen-bond donors (Lipinski definition) is 1. The number of fused-ring (bicyclic) bond motifs is 2. The fourth-order valence-corrected chi connectivity index (χ4v) is 4.91. The second-order valence-electron chi connectivity index (χ2n) is 9.38. The van der Waals surface area contributed by atoms with Crippen LogP contribution in [-0.4, -0.2) is 83.3 Å². The van der Waals surface area contributed by atoms with Gasteiger partial charge >= 0.3 is 6.18 Å². The number of nitrogens with two attached hydrogens (primary N) is 1. The van der Waals surface area contributed by atoms with Crippen molar-refractivity contribution < 1.29 is 27.4 Å². The molecule has 1 aliphatic heterocycles. The predicted molar refractivity (Wildman–Crippen MR) is 149 cm³/mol. The van der Waals surface area contributed by atoms with Crippen LogP contribution in [0.2, 0.25) is 0 Å². The van der Waals surface area contributed by atoms with Gasteiger partial charge in [0.15, 0.2) is 11.5 Å². The van der Waals surface area contributed by atoms with Gasteiger partial charge in [-0.1, -0.05) is 24.3 Å². The number of likely N-dealkylation sites (tertiary alicyclic amines) is 1. The van der Waals surface area contributed by atoms with E-state index in [1.54, 1.807) is 30.8 Å². The molecular weight excluding hydrogens is 572 g/mol. The van der Waals surface area contributed by atoms with Crippen LogP contribution in [0.5, 0.6) is 5.75 Å². The number of methoxy groups -OCH3 is 2. The van der Waals surface area contributed by atoms with E-state index in [0.29, 0.717) is 48.1 Å². The molecule has 5 rings (SSSR count). The van der Waals surface area contributed by atoms with Crippen molar-refractivity contribution in [3.05, 3.63) is 54.2 Å². The predicted octanol–water partition coefficient (Wildman–Crippen LogP) is 4.46. The van der Waals surface area contributed by atoms with Crippen molar-refractivity contribution in [2.45, 2.75) is 30.8 Å². The van der Waals surface area contributed by atoms with E-state index in [1.165, 1.54) is 23.2 Å². The van der Waals surface area contributed by atoms with E-state index in [0.717, 1.165) is 5.39 Å². The Morgan fingerprint density at radius 1 is 1.02 bits per heavy atom. The number of para-hydroxylation sites is 1. The summed E-state index contributed by atoms with van der Waals surface area (Å²) in [7, 11) is 3.16. The molecule has 1 saturated heterocycles. The minimum absolute atomic E-state index is 0. The van der Waals surface area contributed by atoms with Crippen molar-refractivity contribution in [2.75, 3.05) is 40.5 Å². The van der Waals surface area contributed by atoms with E-state index in [4.69, 9.17) is 24.9 Å². The third-order valence-corrected chi connectivity index (χ3v) is 6.58. The van der Waals surface area contributed by atoms with Crippen molar-refractivity contribution in [2.24, 2.45) is 5.73 Å². The first kappa shape index (κ1) is 31.8. The largest absolute Gasteiger partial charge is 0.483 e. The Bertz CT molecular complexity index is 1420. The number of pyridine rings is 2. The van der Waals surface area contributed by atoms with Crippen molar-refractivity contribution in [3.8, 4) is 17.3 Å². The van der Waals surface area contributed by atoms with Gasteiger partial charge in [-0.15, -0.1) is 35.0 Å². The molecule has 0 saturated carbocycles. The maximum atomic E-state index is 14.2. The molecular formula is C26H31Cl2F3N6O3. The Balaban J connectivity index is 0.00000220.